The summed E-state index contributed by atoms with van der Waals surface area (Å²) in [6, 6.07) is 0. The fraction of sp³-hybridized carbons (Fsp3) is 0.500. The lowest BCUT2D eigenvalue weighted by Gasteiger charge is -1.83. The van der Waals surface area contributed by atoms with Gasteiger partial charge in [-0.2, -0.15) is 0 Å². The second-order valence-corrected chi connectivity index (χ2v) is 3.03. The van der Waals surface area contributed by atoms with E-state index in [4.69, 9.17) is 0 Å². The molecule has 0 N–H and O–H groups in total. The second kappa shape index (κ2) is 2.13. The van der Waals surface area contributed by atoms with Gasteiger partial charge in [0.25, 0.3) is 0 Å². The van der Waals surface area contributed by atoms with Gasteiger partial charge in [0.1, 0.15) is 0 Å². The monoisotopic (exact) mass is 104 g/mol. The average Bonchev–Trinajstić information content (AvgIpc) is 1.36. The maximum absolute atomic E-state index is 11.7. The van der Waals surface area contributed by atoms with Crippen molar-refractivity contribution in [3.05, 3.63) is 11.0 Å². The zero-order valence-corrected chi connectivity index (χ0v) is 6.38. The number of halogens is 1. The molecule has 0 bridgehead atoms. The Balaban J connectivity index is 3.68. The van der Waals surface area contributed by atoms with Crippen LogP contribution in [0.1, 0.15) is 13.8 Å². The zero-order valence-electron chi connectivity index (χ0n) is 4.38. The minimum absolute atomic E-state index is 0.0123. The molecule has 0 saturated carbocycles. The van der Waals surface area contributed by atoms with Crippen LogP contribution in [0.2, 0.25) is 0 Å². The fourth-order valence-electron chi connectivity index (χ4n) is 0. The Morgan fingerprint density at radius 1 is 1.50 bits per heavy atom. The van der Waals surface area contributed by atoms with Crippen LogP contribution in [0.5, 0.6) is 0 Å². The normalized spacial score (nSPS) is 14.5. The van der Waals surface area contributed by atoms with E-state index in [0.29, 0.717) is 0 Å². The van der Waals surface area contributed by atoms with Crippen LogP contribution in [0.4, 0.5) is 4.39 Å². The van der Waals surface area contributed by atoms with E-state index in [1.165, 1.54) is 6.92 Å². The molecule has 0 aliphatic carbocycles. The van der Waals surface area contributed by atoms with Crippen LogP contribution < -0.4 is 0 Å². The number of rotatable bonds is 0. The first-order valence-electron chi connectivity index (χ1n) is 1.94. The van der Waals surface area contributed by atoms with Crippen LogP contribution in [-0.2, 0) is 0 Å². The second-order valence-electron chi connectivity index (χ2n) is 1.53. The topological polar surface area (TPSA) is 0 Å². The summed E-state index contributed by atoms with van der Waals surface area (Å²) in [5, 5.41) is 0.898. The molecule has 0 saturated heterocycles. The Morgan fingerprint density at radius 3 is 1.67 bits per heavy atom. The van der Waals surface area contributed by atoms with Gasteiger partial charge in [-0.05, 0) is 13.8 Å². The van der Waals surface area contributed by atoms with Crippen molar-refractivity contribution in [2.45, 2.75) is 13.8 Å². The molecule has 0 aromatic heterocycles. The van der Waals surface area contributed by atoms with Crippen LogP contribution in [0.3, 0.4) is 0 Å². The summed E-state index contributed by atoms with van der Waals surface area (Å²) >= 11 is 0. The van der Waals surface area contributed by atoms with E-state index < -0.39 is 0 Å². The molecule has 2 heteroatoms. The molecule has 0 nitrogen and oxygen atoms in total. The predicted octanol–water partition coefficient (Wildman–Crippen LogP) is 0.573. The molecule has 0 fully saturated rings. The minimum atomic E-state index is -0.0123. The first-order valence-corrected chi connectivity index (χ1v) is 2.94. The maximum Gasteiger partial charge on any atom is 0.0909 e. The van der Waals surface area contributed by atoms with Crippen molar-refractivity contribution < 1.29 is 4.39 Å². The molecule has 0 rings (SSSR count). The first-order chi connectivity index (χ1) is 2.64. The van der Waals surface area contributed by atoms with Crippen LogP contribution >= 0.6 is 0 Å². The van der Waals surface area contributed by atoms with Crippen LogP contribution in [0, 0.1) is 0 Å². The standard InChI is InChI=1S/C4H9FSi/c1-3(5)4(2)6/h1-2,6H3. The Kier molecular flexibility index (Phi) is 2.09. The molecule has 0 aromatic carbocycles. The van der Waals surface area contributed by atoms with Crippen molar-refractivity contribution in [3.63, 3.8) is 0 Å². The molecule has 6 heavy (non-hydrogen) atoms. The van der Waals surface area contributed by atoms with Crippen molar-refractivity contribution in [1.29, 1.82) is 0 Å². The zero-order chi connectivity index (χ0) is 5.15. The van der Waals surface area contributed by atoms with E-state index in [1.54, 1.807) is 0 Å². The van der Waals surface area contributed by atoms with E-state index >= 15 is 0 Å². The Bertz CT molecular complexity index is 57.6. The summed E-state index contributed by atoms with van der Waals surface area (Å²) in [4.78, 5) is 0. The average molecular weight is 104 g/mol. The molecule has 0 heterocycles. The molecule has 0 aliphatic rings. The van der Waals surface area contributed by atoms with Gasteiger partial charge in [0, 0.05) is 10.2 Å². The SMILES string of the molecule is CC(F)=C(C)[SiH3]. The summed E-state index contributed by atoms with van der Waals surface area (Å²) in [6.45, 7) is 3.30. The quantitative estimate of drug-likeness (QED) is 0.394. The van der Waals surface area contributed by atoms with Crippen LogP contribution in [0.15, 0.2) is 11.0 Å². The summed E-state index contributed by atoms with van der Waals surface area (Å²) in [7, 11) is 0.858. The lowest BCUT2D eigenvalue weighted by Crippen LogP contribution is -1.71. The van der Waals surface area contributed by atoms with Gasteiger partial charge in [-0.3, -0.25) is 0 Å². The molecule has 0 amide bonds. The summed E-state index contributed by atoms with van der Waals surface area (Å²) in [5.41, 5.74) is 0. The highest BCUT2D eigenvalue weighted by Crippen LogP contribution is 1.96. The van der Waals surface area contributed by atoms with Crippen molar-refractivity contribution in [1.82, 2.24) is 0 Å². The third-order valence-corrected chi connectivity index (χ3v) is 1.38. The van der Waals surface area contributed by atoms with Gasteiger partial charge < -0.3 is 0 Å². The third-order valence-electron chi connectivity index (χ3n) is 0.689. The van der Waals surface area contributed by atoms with Gasteiger partial charge in [0.05, 0.1) is 5.83 Å². The number of allylic oxidation sites excluding steroid dienone is 2. The molecular weight excluding hydrogens is 95.1 g/mol. The van der Waals surface area contributed by atoms with Crippen molar-refractivity contribution in [3.8, 4) is 0 Å². The van der Waals surface area contributed by atoms with Crippen molar-refractivity contribution in [2.75, 3.05) is 0 Å². The van der Waals surface area contributed by atoms with E-state index in [2.05, 4.69) is 0 Å². The van der Waals surface area contributed by atoms with Crippen molar-refractivity contribution >= 4 is 10.2 Å². The highest BCUT2D eigenvalue weighted by atomic mass is 28.1. The smallest absolute Gasteiger partial charge is 0.0909 e. The lowest BCUT2D eigenvalue weighted by atomic mass is 10.5. The molecule has 0 aromatic rings. The number of hydrogen-bond acceptors (Lipinski definition) is 0. The van der Waals surface area contributed by atoms with Gasteiger partial charge >= 0.3 is 0 Å². The van der Waals surface area contributed by atoms with Crippen LogP contribution in [0.25, 0.3) is 0 Å². The molecule has 0 atom stereocenters. The summed E-state index contributed by atoms with van der Waals surface area (Å²) in [6.07, 6.45) is 0. The number of hydrogen-bond donors (Lipinski definition) is 0. The van der Waals surface area contributed by atoms with Gasteiger partial charge in [-0.1, -0.05) is 5.20 Å². The predicted molar refractivity (Wildman–Crippen MR) is 29.4 cm³/mol. The molecule has 36 valence electrons. The molecule has 0 radical (unpaired) electrons. The van der Waals surface area contributed by atoms with E-state index in [-0.39, 0.29) is 5.83 Å². The molecule has 0 spiro atoms. The van der Waals surface area contributed by atoms with Gasteiger partial charge in [-0.25, -0.2) is 4.39 Å². The Hall–Kier alpha value is -0.113. The molecule has 0 unspecified atom stereocenters. The minimum Gasteiger partial charge on any atom is -0.213 e. The Labute approximate surface area is 40.5 Å². The maximum atomic E-state index is 11.7. The van der Waals surface area contributed by atoms with Gasteiger partial charge in [0.15, 0.2) is 0 Å². The highest BCUT2D eigenvalue weighted by Gasteiger charge is 1.80. The highest BCUT2D eigenvalue weighted by molar-refractivity contribution is 6.21. The van der Waals surface area contributed by atoms with Gasteiger partial charge in [-0.15, -0.1) is 0 Å². The van der Waals surface area contributed by atoms with E-state index in [9.17, 15) is 4.39 Å². The van der Waals surface area contributed by atoms with E-state index in [0.717, 1.165) is 15.4 Å². The van der Waals surface area contributed by atoms with E-state index in [1.807, 2.05) is 6.92 Å². The largest absolute Gasteiger partial charge is 0.213 e. The summed E-state index contributed by atoms with van der Waals surface area (Å²) in [5.74, 6) is -0.0123. The van der Waals surface area contributed by atoms with Crippen LogP contribution in [-0.4, -0.2) is 10.2 Å². The summed E-state index contributed by atoms with van der Waals surface area (Å²) < 4.78 is 11.7. The Morgan fingerprint density at radius 2 is 1.67 bits per heavy atom. The first kappa shape index (κ1) is 5.89. The molecular formula is C4H9FSi. The van der Waals surface area contributed by atoms with Crippen molar-refractivity contribution in [2.24, 2.45) is 0 Å². The lowest BCUT2D eigenvalue weighted by molar-refractivity contribution is 0.635. The third kappa shape index (κ3) is 2.14. The fourth-order valence-corrected chi connectivity index (χ4v) is 0. The van der Waals surface area contributed by atoms with Gasteiger partial charge in [0.2, 0.25) is 0 Å². The molecule has 0 aliphatic heterocycles.